The van der Waals surface area contributed by atoms with Crippen LogP contribution in [-0.2, 0) is 9.53 Å². The van der Waals surface area contributed by atoms with Gasteiger partial charge in [-0.25, -0.2) is 4.79 Å². The summed E-state index contributed by atoms with van der Waals surface area (Å²) in [5, 5.41) is 0. The van der Waals surface area contributed by atoms with Crippen molar-refractivity contribution in [3.63, 3.8) is 0 Å². The van der Waals surface area contributed by atoms with Crippen LogP contribution in [0.4, 0.5) is 0 Å². The Labute approximate surface area is 107 Å². The van der Waals surface area contributed by atoms with Gasteiger partial charge in [0, 0.05) is 6.08 Å². The largest absolute Gasteiger partial charge is 0.466 e. The van der Waals surface area contributed by atoms with Gasteiger partial charge in [-0.05, 0) is 28.8 Å². The van der Waals surface area contributed by atoms with Gasteiger partial charge in [0.1, 0.15) is 0 Å². The highest BCUT2D eigenvalue weighted by atomic mass is 16.5. The van der Waals surface area contributed by atoms with E-state index in [4.69, 9.17) is 0 Å². The zero-order valence-corrected chi connectivity index (χ0v) is 10.1. The summed E-state index contributed by atoms with van der Waals surface area (Å²) in [7, 11) is 1.36. The maximum atomic E-state index is 11.0. The van der Waals surface area contributed by atoms with Crippen molar-refractivity contribution in [1.82, 2.24) is 0 Å². The lowest BCUT2D eigenvalue weighted by molar-refractivity contribution is -0.134. The number of esters is 1. The maximum Gasteiger partial charge on any atom is 0.330 e. The van der Waals surface area contributed by atoms with Crippen molar-refractivity contribution in [3.05, 3.63) is 66.2 Å². The van der Waals surface area contributed by atoms with Gasteiger partial charge in [-0.2, -0.15) is 0 Å². The summed E-state index contributed by atoms with van der Waals surface area (Å²) in [5.74, 6) is -0.349. The van der Waals surface area contributed by atoms with Crippen molar-refractivity contribution in [2.24, 2.45) is 0 Å². The molecule has 2 nitrogen and oxygen atoms in total. The van der Waals surface area contributed by atoms with Gasteiger partial charge in [-0.1, -0.05) is 48.5 Å². The second-order valence-corrected chi connectivity index (χ2v) is 3.77. The number of methoxy groups -OCH3 is 1. The van der Waals surface area contributed by atoms with Gasteiger partial charge in [0.15, 0.2) is 0 Å². The third-order valence-corrected chi connectivity index (χ3v) is 2.58. The Balaban J connectivity index is 2.16. The highest BCUT2D eigenvalue weighted by molar-refractivity contribution is 5.87. The fourth-order valence-electron chi connectivity index (χ4n) is 1.60. The topological polar surface area (TPSA) is 26.3 Å². The fraction of sp³-hybridized carbons (Fsp3) is 0.0625. The first-order valence-electron chi connectivity index (χ1n) is 5.62. The molecule has 0 saturated heterocycles. The van der Waals surface area contributed by atoms with Crippen molar-refractivity contribution >= 4 is 12.0 Å². The van der Waals surface area contributed by atoms with Crippen LogP contribution in [0.25, 0.3) is 17.2 Å². The number of rotatable bonds is 3. The van der Waals surface area contributed by atoms with Crippen LogP contribution in [0.3, 0.4) is 0 Å². The quantitative estimate of drug-likeness (QED) is 0.604. The van der Waals surface area contributed by atoms with Gasteiger partial charge in [0.25, 0.3) is 0 Å². The van der Waals surface area contributed by atoms with Gasteiger partial charge >= 0.3 is 5.97 Å². The Morgan fingerprint density at radius 1 is 1.06 bits per heavy atom. The van der Waals surface area contributed by atoms with Crippen LogP contribution in [0, 0.1) is 6.07 Å². The van der Waals surface area contributed by atoms with E-state index in [9.17, 15) is 4.79 Å². The van der Waals surface area contributed by atoms with Crippen molar-refractivity contribution < 1.29 is 9.53 Å². The lowest BCUT2D eigenvalue weighted by atomic mass is 10.0. The first-order valence-corrected chi connectivity index (χ1v) is 5.62. The second kappa shape index (κ2) is 5.82. The average Bonchev–Trinajstić information content (AvgIpc) is 2.46. The summed E-state index contributed by atoms with van der Waals surface area (Å²) >= 11 is 0. The molecule has 18 heavy (non-hydrogen) atoms. The van der Waals surface area contributed by atoms with Crippen LogP contribution < -0.4 is 0 Å². The summed E-state index contributed by atoms with van der Waals surface area (Å²) in [5.41, 5.74) is 3.25. The molecule has 0 aliphatic carbocycles. The summed E-state index contributed by atoms with van der Waals surface area (Å²) in [4.78, 5) is 11.0. The van der Waals surface area contributed by atoms with Crippen molar-refractivity contribution in [2.75, 3.05) is 7.11 Å². The molecule has 0 amide bonds. The maximum absolute atomic E-state index is 11.0. The lowest BCUT2D eigenvalue weighted by Crippen LogP contribution is -1.93. The molecule has 2 heteroatoms. The highest BCUT2D eigenvalue weighted by Crippen LogP contribution is 2.19. The van der Waals surface area contributed by atoms with Crippen molar-refractivity contribution in [2.45, 2.75) is 0 Å². The Kier molecular flexibility index (Phi) is 3.92. The molecule has 0 fully saturated rings. The summed E-state index contributed by atoms with van der Waals surface area (Å²) in [6.45, 7) is 0. The van der Waals surface area contributed by atoms with Crippen LogP contribution in [0.1, 0.15) is 5.56 Å². The van der Waals surface area contributed by atoms with Crippen LogP contribution in [-0.4, -0.2) is 13.1 Å². The SMILES string of the molecule is COC(=O)/C=C/c1ccc(-c2cc[c]cc2)cc1. The zero-order chi connectivity index (χ0) is 12.8. The molecule has 1 radical (unpaired) electrons. The monoisotopic (exact) mass is 237 g/mol. The molecule has 0 bridgehead atoms. The van der Waals surface area contributed by atoms with E-state index in [-0.39, 0.29) is 5.97 Å². The summed E-state index contributed by atoms with van der Waals surface area (Å²) in [6, 6.07) is 18.8. The Bertz CT molecular complexity index is 539. The molecule has 0 atom stereocenters. The number of ether oxygens (including phenoxy) is 1. The number of carbonyl (C=O) groups excluding carboxylic acids is 1. The van der Waals surface area contributed by atoms with E-state index in [1.807, 2.05) is 48.5 Å². The molecule has 89 valence electrons. The first-order chi connectivity index (χ1) is 8.79. The fourth-order valence-corrected chi connectivity index (χ4v) is 1.60. The minimum absolute atomic E-state index is 0.349. The lowest BCUT2D eigenvalue weighted by Gasteiger charge is -2.01. The van der Waals surface area contributed by atoms with E-state index in [2.05, 4.69) is 10.8 Å². The Morgan fingerprint density at radius 3 is 2.28 bits per heavy atom. The standard InChI is InChI=1S/C16H13O2/c1-18-16(17)12-9-13-7-10-15(11-8-13)14-5-3-2-4-6-14/h3-12H,1H3/b12-9+. The number of hydrogen-bond donors (Lipinski definition) is 0. The number of benzene rings is 2. The highest BCUT2D eigenvalue weighted by Gasteiger charge is 1.96. The van der Waals surface area contributed by atoms with E-state index in [0.29, 0.717) is 0 Å². The minimum Gasteiger partial charge on any atom is -0.466 e. The molecule has 0 aliphatic rings. The molecule has 0 saturated carbocycles. The molecule has 2 rings (SSSR count). The molecule has 2 aromatic carbocycles. The third-order valence-electron chi connectivity index (χ3n) is 2.58. The predicted octanol–water partition coefficient (Wildman–Crippen LogP) is 3.34. The van der Waals surface area contributed by atoms with Crippen LogP contribution in [0.15, 0.2) is 54.6 Å². The van der Waals surface area contributed by atoms with E-state index < -0.39 is 0 Å². The van der Waals surface area contributed by atoms with E-state index in [1.54, 1.807) is 6.08 Å². The van der Waals surface area contributed by atoms with E-state index in [1.165, 1.54) is 13.2 Å². The molecule has 0 N–H and O–H groups in total. The van der Waals surface area contributed by atoms with Crippen LogP contribution in [0.2, 0.25) is 0 Å². The molecule has 0 unspecified atom stereocenters. The molecule has 0 aromatic heterocycles. The molecule has 0 heterocycles. The summed E-state index contributed by atoms with van der Waals surface area (Å²) in [6.07, 6.45) is 3.14. The second-order valence-electron chi connectivity index (χ2n) is 3.77. The molecule has 0 spiro atoms. The third kappa shape index (κ3) is 3.08. The first kappa shape index (κ1) is 12.1. The van der Waals surface area contributed by atoms with Crippen LogP contribution >= 0.6 is 0 Å². The van der Waals surface area contributed by atoms with Gasteiger partial charge in [-0.3, -0.25) is 0 Å². The summed E-state index contributed by atoms with van der Waals surface area (Å²) < 4.78 is 4.54. The van der Waals surface area contributed by atoms with Gasteiger partial charge in [0.05, 0.1) is 7.11 Å². The molecule has 0 aliphatic heterocycles. The normalized spacial score (nSPS) is 10.5. The number of carbonyl (C=O) groups is 1. The van der Waals surface area contributed by atoms with Gasteiger partial charge < -0.3 is 4.74 Å². The van der Waals surface area contributed by atoms with Crippen molar-refractivity contribution in [1.29, 1.82) is 0 Å². The van der Waals surface area contributed by atoms with Crippen molar-refractivity contribution in [3.8, 4) is 11.1 Å². The Morgan fingerprint density at radius 2 is 1.67 bits per heavy atom. The molecular formula is C16H13O2. The van der Waals surface area contributed by atoms with Gasteiger partial charge in [0.2, 0.25) is 0 Å². The smallest absolute Gasteiger partial charge is 0.330 e. The van der Waals surface area contributed by atoms with E-state index >= 15 is 0 Å². The predicted molar refractivity (Wildman–Crippen MR) is 71.8 cm³/mol. The minimum atomic E-state index is -0.349. The van der Waals surface area contributed by atoms with E-state index in [0.717, 1.165) is 16.7 Å². The zero-order valence-electron chi connectivity index (χ0n) is 10.1. The molecular weight excluding hydrogens is 224 g/mol. The van der Waals surface area contributed by atoms with Gasteiger partial charge in [-0.15, -0.1) is 0 Å². The Hall–Kier alpha value is -2.35. The molecule has 2 aromatic rings. The number of hydrogen-bond acceptors (Lipinski definition) is 2. The van der Waals surface area contributed by atoms with Crippen LogP contribution in [0.5, 0.6) is 0 Å². The average molecular weight is 237 g/mol.